The Morgan fingerprint density at radius 1 is 0.957 bits per heavy atom. The lowest BCUT2D eigenvalue weighted by molar-refractivity contribution is -0.138. The second-order valence-electron chi connectivity index (χ2n) is 4.50. The molecule has 0 heterocycles. The Labute approximate surface area is 172 Å². The predicted molar refractivity (Wildman–Crippen MR) is 109 cm³/mol. The molecule has 1 aromatic carbocycles. The van der Waals surface area contributed by atoms with Crippen LogP contribution in [0, 0.1) is 16.6 Å². The van der Waals surface area contributed by atoms with Gasteiger partial charge in [-0.25, -0.2) is 0 Å². The molecule has 0 aromatic heterocycles. The molecule has 1 rings (SSSR count). The molecule has 128 valence electrons. The Morgan fingerprint density at radius 2 is 1.39 bits per heavy atom. The Bertz CT molecular complexity index is 608. The number of rotatable bonds is 5. The number of carbonyl (C=O) groups excluding carboxylic acids is 2. The molecular formula is C12H14I3N3O5. The summed E-state index contributed by atoms with van der Waals surface area (Å²) < 4.78 is 1.53. The van der Waals surface area contributed by atoms with Crippen molar-refractivity contribution in [1.29, 1.82) is 0 Å². The second kappa shape index (κ2) is 8.93. The minimum absolute atomic E-state index is 0.205. The number of nitrogens with two attached hydrogens (primary N) is 2. The van der Waals surface area contributed by atoms with Crippen molar-refractivity contribution in [3.63, 3.8) is 0 Å². The van der Waals surface area contributed by atoms with Gasteiger partial charge < -0.3 is 26.8 Å². The van der Waals surface area contributed by atoms with Crippen LogP contribution in [0.2, 0.25) is 0 Å². The topological polar surface area (TPSA) is 159 Å². The van der Waals surface area contributed by atoms with Crippen LogP contribution in [0.5, 0.6) is 0 Å². The average Bonchev–Trinajstić information content (AvgIpc) is 2.52. The van der Waals surface area contributed by atoms with Gasteiger partial charge in [0.25, 0.3) is 5.91 Å². The number of aliphatic hydroxyl groups is 3. The number of halogens is 3. The molecule has 0 radical (unpaired) electrons. The highest BCUT2D eigenvalue weighted by Gasteiger charge is 2.29. The zero-order valence-electron chi connectivity index (χ0n) is 11.5. The molecular weight excluding hydrogens is 647 g/mol. The summed E-state index contributed by atoms with van der Waals surface area (Å²) in [4.78, 5) is 23.8. The SMILES string of the molecule is Nc1c(I)c(N)c(I)c(C(O)C(=O)NC(=O)C(CO)CO)c1I. The Morgan fingerprint density at radius 3 is 1.78 bits per heavy atom. The maximum absolute atomic E-state index is 12.1. The van der Waals surface area contributed by atoms with Gasteiger partial charge in [-0.15, -0.1) is 0 Å². The predicted octanol–water partition coefficient (Wildman–Crippen LogP) is -0.0582. The first-order valence-corrected chi connectivity index (χ1v) is 9.36. The van der Waals surface area contributed by atoms with E-state index in [0.717, 1.165) is 0 Å². The van der Waals surface area contributed by atoms with Gasteiger partial charge in [0.05, 0.1) is 34.1 Å². The van der Waals surface area contributed by atoms with Crippen LogP contribution in [0.1, 0.15) is 11.7 Å². The fourth-order valence-corrected chi connectivity index (χ4v) is 5.37. The number of anilines is 2. The summed E-state index contributed by atoms with van der Waals surface area (Å²) in [6.07, 6.45) is -1.67. The van der Waals surface area contributed by atoms with Crippen LogP contribution < -0.4 is 16.8 Å². The van der Waals surface area contributed by atoms with E-state index in [9.17, 15) is 14.7 Å². The number of aliphatic hydroxyl groups excluding tert-OH is 3. The first-order valence-electron chi connectivity index (χ1n) is 6.13. The van der Waals surface area contributed by atoms with Crippen molar-refractivity contribution in [2.45, 2.75) is 6.10 Å². The number of hydrogen-bond acceptors (Lipinski definition) is 7. The Hall–Kier alpha value is 0.0300. The number of amides is 2. The first kappa shape index (κ1) is 21.1. The number of hydrogen-bond donors (Lipinski definition) is 6. The summed E-state index contributed by atoms with van der Waals surface area (Å²) in [5.41, 5.74) is 12.7. The van der Waals surface area contributed by atoms with E-state index in [-0.39, 0.29) is 5.56 Å². The third-order valence-electron chi connectivity index (χ3n) is 3.00. The minimum atomic E-state index is -1.67. The minimum Gasteiger partial charge on any atom is -0.397 e. The van der Waals surface area contributed by atoms with Crippen molar-refractivity contribution in [3.05, 3.63) is 16.3 Å². The maximum Gasteiger partial charge on any atom is 0.260 e. The molecule has 8 N–H and O–H groups in total. The third-order valence-corrected chi connectivity index (χ3v) is 6.49. The van der Waals surface area contributed by atoms with Gasteiger partial charge in [-0.3, -0.25) is 14.9 Å². The van der Waals surface area contributed by atoms with Crippen LogP contribution >= 0.6 is 67.8 Å². The van der Waals surface area contributed by atoms with Crippen LogP contribution in [-0.4, -0.2) is 40.3 Å². The first-order chi connectivity index (χ1) is 10.7. The van der Waals surface area contributed by atoms with Crippen molar-refractivity contribution in [2.24, 2.45) is 5.92 Å². The zero-order chi connectivity index (χ0) is 17.9. The summed E-state index contributed by atoms with van der Waals surface area (Å²) in [5.74, 6) is -3.01. The molecule has 1 unspecified atom stereocenters. The molecule has 1 aromatic rings. The second-order valence-corrected chi connectivity index (χ2v) is 7.74. The number of carbonyl (C=O) groups is 2. The lowest BCUT2D eigenvalue weighted by atomic mass is 10.1. The van der Waals surface area contributed by atoms with Gasteiger partial charge in [-0.1, -0.05) is 0 Å². The molecule has 0 aliphatic rings. The van der Waals surface area contributed by atoms with E-state index in [1.54, 1.807) is 0 Å². The monoisotopic (exact) mass is 661 g/mol. The molecule has 2 amide bonds. The highest BCUT2D eigenvalue weighted by atomic mass is 127. The molecule has 11 heteroatoms. The maximum atomic E-state index is 12.1. The van der Waals surface area contributed by atoms with Crippen LogP contribution in [0.4, 0.5) is 11.4 Å². The summed E-state index contributed by atoms with van der Waals surface area (Å²) in [5, 5.41) is 30.1. The smallest absolute Gasteiger partial charge is 0.260 e. The van der Waals surface area contributed by atoms with Crippen molar-refractivity contribution in [3.8, 4) is 0 Å². The number of nitrogen functional groups attached to an aromatic ring is 2. The van der Waals surface area contributed by atoms with Crippen molar-refractivity contribution < 1.29 is 24.9 Å². The Balaban J connectivity index is 3.13. The van der Waals surface area contributed by atoms with Crippen LogP contribution in [0.3, 0.4) is 0 Å². The van der Waals surface area contributed by atoms with Crippen molar-refractivity contribution in [1.82, 2.24) is 5.32 Å². The quantitative estimate of drug-likeness (QED) is 0.191. The highest BCUT2D eigenvalue weighted by molar-refractivity contribution is 14.1. The van der Waals surface area contributed by atoms with E-state index in [0.29, 0.717) is 22.1 Å². The number of benzene rings is 1. The lowest BCUT2D eigenvalue weighted by Crippen LogP contribution is -2.41. The third kappa shape index (κ3) is 4.56. The summed E-state index contributed by atoms with van der Waals surface area (Å²) in [6, 6.07) is 0. The number of imide groups is 1. The number of nitrogens with one attached hydrogen (secondary N) is 1. The van der Waals surface area contributed by atoms with Crippen molar-refractivity contribution in [2.75, 3.05) is 24.7 Å². The van der Waals surface area contributed by atoms with E-state index >= 15 is 0 Å². The zero-order valence-corrected chi connectivity index (χ0v) is 18.0. The molecule has 0 fully saturated rings. The van der Waals surface area contributed by atoms with Crippen LogP contribution in [-0.2, 0) is 9.59 Å². The van der Waals surface area contributed by atoms with Gasteiger partial charge in [0.15, 0.2) is 6.10 Å². The molecule has 0 aliphatic carbocycles. The fraction of sp³-hybridized carbons (Fsp3) is 0.333. The standard InChI is InChI=1S/C12H14I3N3O5/c13-5-4(6(14)9(17)7(15)8(5)16)10(21)12(23)18-11(22)3(1-19)2-20/h3,10,19-21H,1-2,16-17H2,(H,18,22,23). The molecule has 0 saturated heterocycles. The van der Waals surface area contributed by atoms with Crippen LogP contribution in [0.15, 0.2) is 0 Å². The normalized spacial score (nSPS) is 12.3. The molecule has 23 heavy (non-hydrogen) atoms. The van der Waals surface area contributed by atoms with Gasteiger partial charge >= 0.3 is 0 Å². The highest BCUT2D eigenvalue weighted by Crippen LogP contribution is 2.38. The van der Waals surface area contributed by atoms with E-state index < -0.39 is 37.0 Å². The van der Waals surface area contributed by atoms with E-state index in [2.05, 4.69) is 0 Å². The molecule has 0 saturated carbocycles. The van der Waals surface area contributed by atoms with Crippen molar-refractivity contribution >= 4 is 91.0 Å². The fourth-order valence-electron chi connectivity index (χ4n) is 1.61. The van der Waals surface area contributed by atoms with Crippen LogP contribution in [0.25, 0.3) is 0 Å². The van der Waals surface area contributed by atoms with Gasteiger partial charge in [-0.2, -0.15) is 0 Å². The van der Waals surface area contributed by atoms with E-state index in [4.69, 9.17) is 21.7 Å². The molecule has 1 atom stereocenters. The molecule has 0 spiro atoms. The van der Waals surface area contributed by atoms with Gasteiger partial charge in [0, 0.05) is 12.7 Å². The van der Waals surface area contributed by atoms with Gasteiger partial charge in [0.1, 0.15) is 0 Å². The molecule has 0 aliphatic heterocycles. The van der Waals surface area contributed by atoms with Gasteiger partial charge in [0.2, 0.25) is 5.91 Å². The van der Waals surface area contributed by atoms with E-state index in [1.165, 1.54) is 0 Å². The largest absolute Gasteiger partial charge is 0.397 e. The van der Waals surface area contributed by atoms with Gasteiger partial charge in [-0.05, 0) is 67.8 Å². The average molecular weight is 661 g/mol. The summed E-state index contributed by atoms with van der Waals surface area (Å²) in [7, 11) is 0. The molecule has 0 bridgehead atoms. The van der Waals surface area contributed by atoms with E-state index in [1.807, 2.05) is 73.1 Å². The summed E-state index contributed by atoms with van der Waals surface area (Å²) >= 11 is 5.74. The Kier molecular flexibility index (Phi) is 8.18. The lowest BCUT2D eigenvalue weighted by Gasteiger charge is -2.19. The summed E-state index contributed by atoms with van der Waals surface area (Å²) in [6.45, 7) is -1.24. The molecule has 8 nitrogen and oxygen atoms in total.